The molecule has 1 aromatic rings. The second kappa shape index (κ2) is 6.10. The molecule has 4 nitrogen and oxygen atoms in total. The molecule has 1 fully saturated rings. The molecular weight excluding hydrogens is 385 g/mol. The lowest BCUT2D eigenvalue weighted by atomic mass is 10.2. The molecule has 1 atom stereocenters. The number of hydrogen-bond donors (Lipinski definition) is 0. The van der Waals surface area contributed by atoms with Crippen LogP contribution in [0.25, 0.3) is 0 Å². The Bertz CT molecular complexity index is 662. The van der Waals surface area contributed by atoms with Crippen molar-refractivity contribution < 1.29 is 21.6 Å². The third kappa shape index (κ3) is 3.47. The van der Waals surface area contributed by atoms with Crippen molar-refractivity contribution in [3.8, 4) is 0 Å². The molecule has 0 N–H and O–H groups in total. The van der Waals surface area contributed by atoms with E-state index in [0.29, 0.717) is 19.0 Å². The summed E-state index contributed by atoms with van der Waals surface area (Å²) in [5.41, 5.74) is -0.989. The van der Waals surface area contributed by atoms with Crippen LogP contribution in [0.1, 0.15) is 12.0 Å². The minimum atomic E-state index is -4.61. The standard InChI is InChI=1S/C13H16BrF3N2O2S/c1-18(2)9-5-6-19(8-9)22(20,21)10-3-4-12(14)11(7-10)13(15,16)17/h3-4,7,9H,5-6,8H2,1-2H3/t9-/m1/s1. The lowest BCUT2D eigenvalue weighted by Crippen LogP contribution is -2.34. The lowest BCUT2D eigenvalue weighted by Gasteiger charge is -2.21. The summed E-state index contributed by atoms with van der Waals surface area (Å²) in [6.45, 7) is 0.593. The fraction of sp³-hybridized carbons (Fsp3) is 0.538. The van der Waals surface area contributed by atoms with E-state index in [1.807, 2.05) is 19.0 Å². The largest absolute Gasteiger partial charge is 0.417 e. The second-order valence-electron chi connectivity index (χ2n) is 5.41. The minimum Gasteiger partial charge on any atom is -0.305 e. The van der Waals surface area contributed by atoms with Gasteiger partial charge in [-0.25, -0.2) is 8.42 Å². The Kier molecular flexibility index (Phi) is 4.91. The monoisotopic (exact) mass is 400 g/mol. The van der Waals surface area contributed by atoms with E-state index in [1.54, 1.807) is 0 Å². The van der Waals surface area contributed by atoms with Gasteiger partial charge in [0.2, 0.25) is 10.0 Å². The van der Waals surface area contributed by atoms with Crippen LogP contribution >= 0.6 is 15.9 Å². The zero-order valence-corrected chi connectivity index (χ0v) is 14.5. The van der Waals surface area contributed by atoms with Crippen LogP contribution in [0.2, 0.25) is 0 Å². The van der Waals surface area contributed by atoms with Gasteiger partial charge < -0.3 is 4.90 Å². The number of alkyl halides is 3. The molecular formula is C13H16BrF3N2O2S. The summed E-state index contributed by atoms with van der Waals surface area (Å²) in [5.74, 6) is 0. The van der Waals surface area contributed by atoms with Crippen molar-refractivity contribution in [1.29, 1.82) is 0 Å². The van der Waals surface area contributed by atoms with Gasteiger partial charge in [0, 0.05) is 23.6 Å². The highest BCUT2D eigenvalue weighted by atomic mass is 79.9. The van der Waals surface area contributed by atoms with Crippen LogP contribution in [0.3, 0.4) is 0 Å². The van der Waals surface area contributed by atoms with Crippen molar-refractivity contribution in [3.63, 3.8) is 0 Å². The first-order valence-corrected chi connectivity index (χ1v) is 8.80. The highest BCUT2D eigenvalue weighted by Crippen LogP contribution is 2.36. The van der Waals surface area contributed by atoms with E-state index in [2.05, 4.69) is 15.9 Å². The first-order chi connectivity index (χ1) is 10.0. The maximum atomic E-state index is 12.9. The lowest BCUT2D eigenvalue weighted by molar-refractivity contribution is -0.138. The van der Waals surface area contributed by atoms with E-state index in [-0.39, 0.29) is 22.0 Å². The van der Waals surface area contributed by atoms with E-state index >= 15 is 0 Å². The third-order valence-corrected chi connectivity index (χ3v) is 6.29. The van der Waals surface area contributed by atoms with E-state index in [0.717, 1.165) is 6.07 Å². The fourth-order valence-electron chi connectivity index (χ4n) is 2.38. The number of sulfonamides is 1. The molecule has 0 unspecified atom stereocenters. The van der Waals surface area contributed by atoms with Gasteiger partial charge in [-0.3, -0.25) is 0 Å². The van der Waals surface area contributed by atoms with Crippen LogP contribution in [0, 0.1) is 0 Å². The highest BCUT2D eigenvalue weighted by Gasteiger charge is 2.37. The molecule has 22 heavy (non-hydrogen) atoms. The molecule has 2 rings (SSSR count). The van der Waals surface area contributed by atoms with Gasteiger partial charge >= 0.3 is 6.18 Å². The predicted octanol–water partition coefficient (Wildman–Crippen LogP) is 2.79. The summed E-state index contributed by atoms with van der Waals surface area (Å²) >= 11 is 2.81. The molecule has 0 spiro atoms. The number of halogens is 4. The molecule has 0 aliphatic carbocycles. The molecule has 1 aromatic carbocycles. The molecule has 0 amide bonds. The topological polar surface area (TPSA) is 40.6 Å². The molecule has 1 aliphatic rings. The molecule has 9 heteroatoms. The normalized spacial score (nSPS) is 20.8. The smallest absolute Gasteiger partial charge is 0.305 e. The average Bonchev–Trinajstić information content (AvgIpc) is 2.87. The maximum absolute atomic E-state index is 12.9. The van der Waals surface area contributed by atoms with Gasteiger partial charge in [-0.2, -0.15) is 17.5 Å². The number of likely N-dealkylation sites (N-methyl/N-ethyl adjacent to an activating group) is 1. The molecule has 1 aliphatic heterocycles. The summed E-state index contributed by atoms with van der Waals surface area (Å²) in [6, 6.07) is 3.07. The Balaban J connectivity index is 2.35. The van der Waals surface area contributed by atoms with Crippen LogP contribution < -0.4 is 0 Å². The summed E-state index contributed by atoms with van der Waals surface area (Å²) in [4.78, 5) is 1.58. The fourth-order valence-corrected chi connectivity index (χ4v) is 4.37. The maximum Gasteiger partial charge on any atom is 0.417 e. The van der Waals surface area contributed by atoms with Crippen LogP contribution in [-0.4, -0.2) is 50.8 Å². The van der Waals surface area contributed by atoms with Crippen LogP contribution in [0.5, 0.6) is 0 Å². The Morgan fingerprint density at radius 1 is 1.32 bits per heavy atom. The van der Waals surface area contributed by atoms with E-state index in [1.165, 1.54) is 10.4 Å². The average molecular weight is 401 g/mol. The Labute approximate surface area is 136 Å². The van der Waals surface area contributed by atoms with Gasteiger partial charge in [0.25, 0.3) is 0 Å². The van der Waals surface area contributed by atoms with Crippen molar-refractivity contribution in [2.75, 3.05) is 27.2 Å². The van der Waals surface area contributed by atoms with Gasteiger partial charge in [-0.1, -0.05) is 15.9 Å². The molecule has 1 heterocycles. The quantitative estimate of drug-likeness (QED) is 0.782. The number of benzene rings is 1. The summed E-state index contributed by atoms with van der Waals surface area (Å²) < 4.78 is 64.8. The van der Waals surface area contributed by atoms with Gasteiger partial charge in [-0.05, 0) is 38.7 Å². The van der Waals surface area contributed by atoms with Crippen molar-refractivity contribution in [3.05, 3.63) is 28.2 Å². The van der Waals surface area contributed by atoms with E-state index in [9.17, 15) is 21.6 Å². The Morgan fingerprint density at radius 2 is 1.95 bits per heavy atom. The first-order valence-electron chi connectivity index (χ1n) is 6.57. The Morgan fingerprint density at radius 3 is 2.45 bits per heavy atom. The zero-order valence-electron chi connectivity index (χ0n) is 12.1. The van der Waals surface area contributed by atoms with Crippen LogP contribution in [0.15, 0.2) is 27.6 Å². The van der Waals surface area contributed by atoms with Crippen molar-refractivity contribution in [2.24, 2.45) is 0 Å². The molecule has 0 bridgehead atoms. The molecule has 0 radical (unpaired) electrons. The van der Waals surface area contributed by atoms with Gasteiger partial charge in [-0.15, -0.1) is 0 Å². The summed E-state index contributed by atoms with van der Waals surface area (Å²) in [6.07, 6.45) is -3.95. The summed E-state index contributed by atoms with van der Waals surface area (Å²) in [5, 5.41) is 0. The zero-order chi connectivity index (χ0) is 16.7. The predicted molar refractivity (Wildman–Crippen MR) is 80.0 cm³/mol. The third-order valence-electron chi connectivity index (χ3n) is 3.74. The molecule has 0 aromatic heterocycles. The second-order valence-corrected chi connectivity index (χ2v) is 8.20. The van der Waals surface area contributed by atoms with E-state index < -0.39 is 21.8 Å². The highest BCUT2D eigenvalue weighted by molar-refractivity contribution is 9.10. The van der Waals surface area contributed by atoms with Gasteiger partial charge in [0.15, 0.2) is 0 Å². The molecule has 124 valence electrons. The Hall–Kier alpha value is -0.640. The van der Waals surface area contributed by atoms with Crippen molar-refractivity contribution in [2.45, 2.75) is 23.5 Å². The first kappa shape index (κ1) is 17.7. The minimum absolute atomic E-state index is 0.0762. The van der Waals surface area contributed by atoms with E-state index in [4.69, 9.17) is 0 Å². The van der Waals surface area contributed by atoms with Crippen LogP contribution in [0.4, 0.5) is 13.2 Å². The molecule has 1 saturated heterocycles. The summed E-state index contributed by atoms with van der Waals surface area (Å²) in [7, 11) is -0.220. The van der Waals surface area contributed by atoms with Gasteiger partial charge in [0.1, 0.15) is 0 Å². The molecule has 0 saturated carbocycles. The van der Waals surface area contributed by atoms with Crippen molar-refractivity contribution in [1.82, 2.24) is 9.21 Å². The number of rotatable bonds is 3. The van der Waals surface area contributed by atoms with Gasteiger partial charge in [0.05, 0.1) is 10.5 Å². The number of nitrogens with zero attached hydrogens (tertiary/aromatic N) is 2. The number of hydrogen-bond acceptors (Lipinski definition) is 3. The van der Waals surface area contributed by atoms with Crippen LogP contribution in [-0.2, 0) is 16.2 Å². The SMILES string of the molecule is CN(C)[C@@H]1CCN(S(=O)(=O)c2ccc(Br)c(C(F)(F)F)c2)C1. The van der Waals surface area contributed by atoms with Crippen molar-refractivity contribution >= 4 is 26.0 Å².